The van der Waals surface area contributed by atoms with E-state index in [0.29, 0.717) is 6.54 Å². The molecule has 1 unspecified atom stereocenters. The molecule has 1 heterocycles. The smallest absolute Gasteiger partial charge is 0.117 e. The third-order valence-corrected chi connectivity index (χ3v) is 3.33. The normalized spacial score (nSPS) is 12.6. The van der Waals surface area contributed by atoms with Crippen molar-refractivity contribution in [1.29, 1.82) is 0 Å². The number of imidazole rings is 1. The Hall–Kier alpha value is -1.61. The number of hydrogen-bond acceptors (Lipinski definition) is 2. The Morgan fingerprint density at radius 1 is 1.28 bits per heavy atom. The summed E-state index contributed by atoms with van der Waals surface area (Å²) in [5, 5.41) is 0. The number of rotatable bonds is 5. The molecule has 1 aromatic heterocycles. The zero-order valence-electron chi connectivity index (χ0n) is 11.1. The van der Waals surface area contributed by atoms with Gasteiger partial charge in [-0.1, -0.05) is 37.6 Å². The predicted molar refractivity (Wildman–Crippen MR) is 74.5 cm³/mol. The van der Waals surface area contributed by atoms with Crippen molar-refractivity contribution in [2.24, 2.45) is 12.8 Å². The summed E-state index contributed by atoms with van der Waals surface area (Å²) in [4.78, 5) is 4.41. The summed E-state index contributed by atoms with van der Waals surface area (Å²) in [6, 6.07) is 8.75. The Morgan fingerprint density at radius 2 is 2.00 bits per heavy atom. The molecule has 0 aliphatic carbocycles. The topological polar surface area (TPSA) is 43.8 Å². The Labute approximate surface area is 109 Å². The quantitative estimate of drug-likeness (QED) is 0.876. The molecule has 0 saturated carbocycles. The average molecular weight is 243 g/mol. The van der Waals surface area contributed by atoms with Crippen LogP contribution in [-0.2, 0) is 13.5 Å². The first-order chi connectivity index (χ1) is 8.76. The van der Waals surface area contributed by atoms with Crippen LogP contribution in [0.2, 0.25) is 0 Å². The molecule has 0 fully saturated rings. The number of benzene rings is 1. The van der Waals surface area contributed by atoms with Gasteiger partial charge in [0, 0.05) is 26.0 Å². The second-order valence-electron chi connectivity index (χ2n) is 4.68. The van der Waals surface area contributed by atoms with E-state index < -0.39 is 0 Å². The molecule has 96 valence electrons. The zero-order chi connectivity index (χ0) is 13.0. The van der Waals surface area contributed by atoms with Gasteiger partial charge in [0.1, 0.15) is 5.82 Å². The van der Waals surface area contributed by atoms with E-state index in [1.807, 2.05) is 24.0 Å². The highest BCUT2D eigenvalue weighted by molar-refractivity contribution is 5.30. The minimum absolute atomic E-state index is 0.181. The summed E-state index contributed by atoms with van der Waals surface area (Å²) >= 11 is 0. The van der Waals surface area contributed by atoms with Crippen LogP contribution in [0.25, 0.3) is 0 Å². The molecule has 0 radical (unpaired) electrons. The van der Waals surface area contributed by atoms with Crippen molar-refractivity contribution in [3.63, 3.8) is 0 Å². The van der Waals surface area contributed by atoms with Crippen LogP contribution in [0.15, 0.2) is 36.7 Å². The minimum atomic E-state index is 0.181. The summed E-state index contributed by atoms with van der Waals surface area (Å²) in [5.41, 5.74) is 8.54. The van der Waals surface area contributed by atoms with Crippen LogP contribution in [0.3, 0.4) is 0 Å². The van der Waals surface area contributed by atoms with E-state index in [-0.39, 0.29) is 5.92 Å². The van der Waals surface area contributed by atoms with Gasteiger partial charge in [-0.15, -0.1) is 0 Å². The second kappa shape index (κ2) is 5.83. The lowest BCUT2D eigenvalue weighted by molar-refractivity contribution is 0.698. The highest BCUT2D eigenvalue weighted by Gasteiger charge is 2.16. The van der Waals surface area contributed by atoms with Gasteiger partial charge in [-0.05, 0) is 17.5 Å². The fourth-order valence-electron chi connectivity index (χ4n) is 2.31. The van der Waals surface area contributed by atoms with Crippen LogP contribution in [-0.4, -0.2) is 16.1 Å². The van der Waals surface area contributed by atoms with E-state index in [4.69, 9.17) is 5.73 Å². The molecule has 0 aliphatic rings. The lowest BCUT2D eigenvalue weighted by Crippen LogP contribution is -2.17. The fourth-order valence-corrected chi connectivity index (χ4v) is 2.31. The van der Waals surface area contributed by atoms with Crippen LogP contribution in [0.1, 0.15) is 36.2 Å². The lowest BCUT2D eigenvalue weighted by atomic mass is 9.96. The molecule has 3 nitrogen and oxygen atoms in total. The van der Waals surface area contributed by atoms with Crippen LogP contribution < -0.4 is 5.73 Å². The largest absolute Gasteiger partial charge is 0.337 e. The van der Waals surface area contributed by atoms with Crippen molar-refractivity contribution < 1.29 is 0 Å². The molecular formula is C15H21N3. The first-order valence-electron chi connectivity index (χ1n) is 6.52. The highest BCUT2D eigenvalue weighted by atomic mass is 15.0. The third-order valence-electron chi connectivity index (χ3n) is 3.33. The summed E-state index contributed by atoms with van der Waals surface area (Å²) in [6.07, 6.45) is 6.10. The van der Waals surface area contributed by atoms with E-state index in [2.05, 4.69) is 36.2 Å². The standard InChI is InChI=1S/C15H21N3/c1-3-4-12-5-7-13(8-6-12)14(11-16)15-17-9-10-18(15)2/h5-10,14H,3-4,11,16H2,1-2H3. The van der Waals surface area contributed by atoms with Crippen LogP contribution in [0.4, 0.5) is 0 Å². The van der Waals surface area contributed by atoms with Crippen LogP contribution in [0.5, 0.6) is 0 Å². The van der Waals surface area contributed by atoms with E-state index >= 15 is 0 Å². The molecule has 18 heavy (non-hydrogen) atoms. The number of aromatic nitrogens is 2. The van der Waals surface area contributed by atoms with Gasteiger partial charge in [0.05, 0.1) is 5.92 Å². The Morgan fingerprint density at radius 3 is 2.50 bits per heavy atom. The summed E-state index contributed by atoms with van der Waals surface area (Å²) < 4.78 is 2.04. The molecule has 1 aromatic carbocycles. The fraction of sp³-hybridized carbons (Fsp3) is 0.400. The van der Waals surface area contributed by atoms with Gasteiger partial charge in [-0.25, -0.2) is 4.98 Å². The first kappa shape index (κ1) is 12.8. The highest BCUT2D eigenvalue weighted by Crippen LogP contribution is 2.22. The number of hydrogen-bond donors (Lipinski definition) is 1. The SMILES string of the molecule is CCCc1ccc(C(CN)c2nccn2C)cc1. The predicted octanol–water partition coefficient (Wildman–Crippen LogP) is 2.46. The van der Waals surface area contributed by atoms with E-state index in [1.165, 1.54) is 17.5 Å². The van der Waals surface area contributed by atoms with Gasteiger partial charge < -0.3 is 10.3 Å². The zero-order valence-corrected chi connectivity index (χ0v) is 11.1. The molecule has 0 amide bonds. The molecule has 0 aliphatic heterocycles. The van der Waals surface area contributed by atoms with E-state index in [0.717, 1.165) is 12.2 Å². The van der Waals surface area contributed by atoms with Crippen molar-refractivity contribution in [2.45, 2.75) is 25.7 Å². The van der Waals surface area contributed by atoms with Crippen LogP contribution in [0, 0.1) is 0 Å². The van der Waals surface area contributed by atoms with Gasteiger partial charge in [0.2, 0.25) is 0 Å². The molecule has 3 heteroatoms. The molecule has 2 aromatic rings. The number of aryl methyl sites for hydroxylation is 2. The maximum Gasteiger partial charge on any atom is 0.117 e. The van der Waals surface area contributed by atoms with Crippen molar-refractivity contribution in [3.05, 3.63) is 53.6 Å². The molecule has 1 atom stereocenters. The van der Waals surface area contributed by atoms with Crippen LogP contribution >= 0.6 is 0 Å². The Bertz CT molecular complexity index is 485. The molecule has 0 saturated heterocycles. The van der Waals surface area contributed by atoms with Crippen molar-refractivity contribution >= 4 is 0 Å². The summed E-state index contributed by atoms with van der Waals surface area (Å²) in [7, 11) is 2.01. The van der Waals surface area contributed by atoms with Crippen molar-refractivity contribution in [2.75, 3.05) is 6.54 Å². The summed E-state index contributed by atoms with van der Waals surface area (Å²) in [5.74, 6) is 1.21. The monoisotopic (exact) mass is 243 g/mol. The number of nitrogens with two attached hydrogens (primary N) is 1. The number of nitrogens with zero attached hydrogens (tertiary/aromatic N) is 2. The first-order valence-corrected chi connectivity index (χ1v) is 6.52. The molecule has 0 spiro atoms. The van der Waals surface area contributed by atoms with Crippen molar-refractivity contribution in [1.82, 2.24) is 9.55 Å². The van der Waals surface area contributed by atoms with Gasteiger partial charge >= 0.3 is 0 Å². The molecular weight excluding hydrogens is 222 g/mol. The van der Waals surface area contributed by atoms with Gasteiger partial charge in [-0.2, -0.15) is 0 Å². The molecule has 2 rings (SSSR count). The lowest BCUT2D eigenvalue weighted by Gasteiger charge is -2.15. The average Bonchev–Trinajstić information content (AvgIpc) is 2.79. The maximum atomic E-state index is 5.91. The Kier molecular flexibility index (Phi) is 4.15. The molecule has 2 N–H and O–H groups in total. The van der Waals surface area contributed by atoms with Gasteiger partial charge in [0.25, 0.3) is 0 Å². The minimum Gasteiger partial charge on any atom is -0.337 e. The maximum absolute atomic E-state index is 5.91. The third kappa shape index (κ3) is 2.62. The Balaban J connectivity index is 2.25. The van der Waals surface area contributed by atoms with E-state index in [9.17, 15) is 0 Å². The second-order valence-corrected chi connectivity index (χ2v) is 4.68. The van der Waals surface area contributed by atoms with E-state index in [1.54, 1.807) is 0 Å². The van der Waals surface area contributed by atoms with Gasteiger partial charge in [-0.3, -0.25) is 0 Å². The van der Waals surface area contributed by atoms with Gasteiger partial charge in [0.15, 0.2) is 0 Å². The molecule has 0 bridgehead atoms. The van der Waals surface area contributed by atoms with Crippen molar-refractivity contribution in [3.8, 4) is 0 Å². The summed E-state index contributed by atoms with van der Waals surface area (Å²) in [6.45, 7) is 2.78.